The van der Waals surface area contributed by atoms with Crippen molar-refractivity contribution >= 4 is 0 Å². The summed E-state index contributed by atoms with van der Waals surface area (Å²) in [6.07, 6.45) is 5.53. The number of pyridine rings is 1. The van der Waals surface area contributed by atoms with Gasteiger partial charge in [-0.2, -0.15) is 0 Å². The molecule has 0 saturated carbocycles. The van der Waals surface area contributed by atoms with E-state index in [9.17, 15) is 15.0 Å². The second kappa shape index (κ2) is 7.61. The lowest BCUT2D eigenvalue weighted by molar-refractivity contribution is 0.260. The van der Waals surface area contributed by atoms with Crippen molar-refractivity contribution in [1.82, 2.24) is 9.47 Å². The average Bonchev–Trinajstić information content (AvgIpc) is 2.99. The zero-order valence-corrected chi connectivity index (χ0v) is 12.8. The Morgan fingerprint density at radius 2 is 1.95 bits per heavy atom. The third kappa shape index (κ3) is 3.86. The van der Waals surface area contributed by atoms with Gasteiger partial charge in [0.15, 0.2) is 5.75 Å². The standard InChI is InChI=1S/C16H26N2O3/c1-2-3-4-9-18-13(12-19)10-15(20)16(21)14(18)11-17-7-5-6-8-17/h10,19,21H,2-9,11-12H2,1H3. The molecule has 0 aromatic carbocycles. The van der Waals surface area contributed by atoms with E-state index in [1.54, 1.807) is 0 Å². The molecule has 0 aliphatic carbocycles. The number of hydrogen-bond donors (Lipinski definition) is 2. The Kier molecular flexibility index (Phi) is 5.82. The smallest absolute Gasteiger partial charge is 0.223 e. The zero-order valence-electron chi connectivity index (χ0n) is 12.8. The molecule has 0 unspecified atom stereocenters. The molecule has 2 N–H and O–H groups in total. The van der Waals surface area contributed by atoms with Crippen LogP contribution in [0.1, 0.15) is 50.4 Å². The minimum atomic E-state index is -0.389. The Morgan fingerprint density at radius 3 is 2.57 bits per heavy atom. The summed E-state index contributed by atoms with van der Waals surface area (Å²) >= 11 is 0. The molecule has 0 radical (unpaired) electrons. The van der Waals surface area contributed by atoms with Crippen LogP contribution in [0.5, 0.6) is 5.75 Å². The number of aliphatic hydroxyl groups excluding tert-OH is 1. The van der Waals surface area contributed by atoms with E-state index in [-0.39, 0.29) is 17.8 Å². The number of aromatic hydroxyl groups is 1. The van der Waals surface area contributed by atoms with E-state index in [1.807, 2.05) is 4.57 Å². The number of unbranched alkanes of at least 4 members (excludes halogenated alkanes) is 2. The fourth-order valence-electron chi connectivity index (χ4n) is 2.98. The van der Waals surface area contributed by atoms with Gasteiger partial charge < -0.3 is 14.8 Å². The molecule has 5 nitrogen and oxygen atoms in total. The van der Waals surface area contributed by atoms with Gasteiger partial charge in [0, 0.05) is 24.8 Å². The van der Waals surface area contributed by atoms with Gasteiger partial charge in [-0.25, -0.2) is 0 Å². The molecule has 5 heteroatoms. The fourth-order valence-corrected chi connectivity index (χ4v) is 2.98. The van der Waals surface area contributed by atoms with Gasteiger partial charge in [-0.15, -0.1) is 0 Å². The Morgan fingerprint density at radius 1 is 1.24 bits per heavy atom. The zero-order chi connectivity index (χ0) is 15.2. The lowest BCUT2D eigenvalue weighted by atomic mass is 10.2. The first-order valence-corrected chi connectivity index (χ1v) is 7.95. The molecule has 1 aromatic heterocycles. The molecule has 118 valence electrons. The maximum Gasteiger partial charge on any atom is 0.223 e. The Bertz CT molecular complexity index is 519. The lowest BCUT2D eigenvalue weighted by Gasteiger charge is -2.22. The first-order chi connectivity index (χ1) is 10.2. The molecule has 1 aliphatic heterocycles. The molecular weight excluding hydrogens is 268 g/mol. The molecule has 0 atom stereocenters. The van der Waals surface area contributed by atoms with Crippen LogP contribution in [0.25, 0.3) is 0 Å². The first kappa shape index (κ1) is 16.0. The van der Waals surface area contributed by atoms with Gasteiger partial charge in [0.2, 0.25) is 5.43 Å². The molecule has 2 heterocycles. The highest BCUT2D eigenvalue weighted by atomic mass is 16.3. The normalized spacial score (nSPS) is 15.7. The largest absolute Gasteiger partial charge is 0.503 e. The van der Waals surface area contributed by atoms with Crippen molar-refractivity contribution in [1.29, 1.82) is 0 Å². The Labute approximate surface area is 125 Å². The summed E-state index contributed by atoms with van der Waals surface area (Å²) in [5.41, 5.74) is 0.868. The van der Waals surface area contributed by atoms with Crippen molar-refractivity contribution in [2.24, 2.45) is 0 Å². The molecule has 0 amide bonds. The van der Waals surface area contributed by atoms with Crippen molar-refractivity contribution in [3.63, 3.8) is 0 Å². The number of likely N-dealkylation sites (tertiary alicyclic amines) is 1. The highest BCUT2D eigenvalue weighted by Crippen LogP contribution is 2.20. The van der Waals surface area contributed by atoms with Crippen molar-refractivity contribution in [3.8, 4) is 5.75 Å². The van der Waals surface area contributed by atoms with Gasteiger partial charge in [-0.1, -0.05) is 19.8 Å². The minimum Gasteiger partial charge on any atom is -0.503 e. The number of nitrogens with zero attached hydrogens (tertiary/aromatic N) is 2. The second-order valence-corrected chi connectivity index (χ2v) is 5.80. The van der Waals surface area contributed by atoms with Crippen LogP contribution >= 0.6 is 0 Å². The number of aliphatic hydroxyl groups is 1. The molecule has 2 rings (SSSR count). The van der Waals surface area contributed by atoms with E-state index in [0.717, 1.165) is 38.9 Å². The Balaban J connectivity index is 2.32. The summed E-state index contributed by atoms with van der Waals surface area (Å²) in [6.45, 7) is 5.30. The maximum atomic E-state index is 11.9. The molecule has 1 fully saturated rings. The van der Waals surface area contributed by atoms with E-state index in [4.69, 9.17) is 0 Å². The van der Waals surface area contributed by atoms with Gasteiger partial charge in [-0.05, 0) is 32.4 Å². The molecule has 0 spiro atoms. The van der Waals surface area contributed by atoms with Gasteiger partial charge in [-0.3, -0.25) is 9.69 Å². The van der Waals surface area contributed by atoms with E-state index in [2.05, 4.69) is 11.8 Å². The van der Waals surface area contributed by atoms with Gasteiger partial charge in [0.05, 0.1) is 12.3 Å². The molecule has 1 aromatic rings. The molecule has 1 aliphatic rings. The van der Waals surface area contributed by atoms with Crippen LogP contribution in [0.2, 0.25) is 0 Å². The monoisotopic (exact) mass is 294 g/mol. The van der Waals surface area contributed by atoms with E-state index < -0.39 is 0 Å². The summed E-state index contributed by atoms with van der Waals surface area (Å²) < 4.78 is 1.94. The van der Waals surface area contributed by atoms with Crippen LogP contribution in [0.15, 0.2) is 10.9 Å². The fraction of sp³-hybridized carbons (Fsp3) is 0.688. The van der Waals surface area contributed by atoms with Gasteiger partial charge in [0.1, 0.15) is 0 Å². The highest BCUT2D eigenvalue weighted by Gasteiger charge is 2.19. The van der Waals surface area contributed by atoms with Crippen molar-refractivity contribution < 1.29 is 10.2 Å². The summed E-state index contributed by atoms with van der Waals surface area (Å²) in [5, 5.41) is 19.7. The summed E-state index contributed by atoms with van der Waals surface area (Å²) in [7, 11) is 0. The molecule has 21 heavy (non-hydrogen) atoms. The third-order valence-electron chi connectivity index (χ3n) is 4.20. The minimum absolute atomic E-state index is 0.157. The topological polar surface area (TPSA) is 65.7 Å². The van der Waals surface area contributed by atoms with E-state index >= 15 is 0 Å². The predicted octanol–water partition coefficient (Wildman–Crippen LogP) is 1.83. The first-order valence-electron chi connectivity index (χ1n) is 7.95. The summed E-state index contributed by atoms with van der Waals surface area (Å²) in [6, 6.07) is 1.36. The maximum absolute atomic E-state index is 11.9. The van der Waals surface area contributed by atoms with Crippen molar-refractivity contribution in [2.45, 2.75) is 58.7 Å². The number of hydrogen-bond acceptors (Lipinski definition) is 4. The number of rotatable bonds is 7. The molecule has 1 saturated heterocycles. The van der Waals surface area contributed by atoms with Crippen LogP contribution in [-0.2, 0) is 19.7 Å². The van der Waals surface area contributed by atoms with Crippen LogP contribution in [0.3, 0.4) is 0 Å². The number of aromatic nitrogens is 1. The molecule has 0 bridgehead atoms. The third-order valence-corrected chi connectivity index (χ3v) is 4.20. The van der Waals surface area contributed by atoms with Crippen molar-refractivity contribution in [2.75, 3.05) is 13.1 Å². The van der Waals surface area contributed by atoms with Crippen LogP contribution in [0, 0.1) is 0 Å². The Hall–Kier alpha value is -1.33. The SMILES string of the molecule is CCCCCn1c(CO)cc(=O)c(O)c1CN1CCCC1. The lowest BCUT2D eigenvalue weighted by Crippen LogP contribution is -2.25. The van der Waals surface area contributed by atoms with Crippen LogP contribution < -0.4 is 5.43 Å². The van der Waals surface area contributed by atoms with Crippen LogP contribution in [-0.4, -0.2) is 32.8 Å². The summed E-state index contributed by atoms with van der Waals surface area (Å²) in [4.78, 5) is 14.1. The quantitative estimate of drug-likeness (QED) is 0.753. The van der Waals surface area contributed by atoms with Gasteiger partial charge >= 0.3 is 0 Å². The average molecular weight is 294 g/mol. The molecular formula is C16H26N2O3. The highest BCUT2D eigenvalue weighted by molar-refractivity contribution is 5.30. The predicted molar refractivity (Wildman–Crippen MR) is 82.3 cm³/mol. The van der Waals surface area contributed by atoms with E-state index in [1.165, 1.54) is 18.9 Å². The van der Waals surface area contributed by atoms with E-state index in [0.29, 0.717) is 17.9 Å². The second-order valence-electron chi connectivity index (χ2n) is 5.80. The van der Waals surface area contributed by atoms with Gasteiger partial charge in [0.25, 0.3) is 0 Å². The summed E-state index contributed by atoms with van der Waals surface area (Å²) in [5.74, 6) is -0.157. The van der Waals surface area contributed by atoms with Crippen molar-refractivity contribution in [3.05, 3.63) is 27.7 Å². The van der Waals surface area contributed by atoms with Crippen LogP contribution in [0.4, 0.5) is 0 Å².